The molecule has 0 saturated carbocycles. The van der Waals surface area contributed by atoms with Crippen LogP contribution < -0.4 is 45.8 Å². The summed E-state index contributed by atoms with van der Waals surface area (Å²) in [5.74, 6) is 19.1. The number of rotatable bonds is 21. The van der Waals surface area contributed by atoms with Crippen LogP contribution in [-0.4, -0.2) is 123 Å². The number of ether oxygens (including phenoxy) is 6. The van der Waals surface area contributed by atoms with Crippen molar-refractivity contribution in [2.24, 2.45) is 0 Å². The zero-order chi connectivity index (χ0) is 83.6. The van der Waals surface area contributed by atoms with E-state index < -0.39 is 87.0 Å². The van der Waals surface area contributed by atoms with Gasteiger partial charge in [-0.2, -0.15) is 5.10 Å². The number of pyridine rings is 3. The van der Waals surface area contributed by atoms with Crippen molar-refractivity contribution in [2.45, 2.75) is 293 Å². The minimum absolute atomic E-state index is 0.154. The molecule has 1 aromatic carbocycles. The number of anilines is 3. The Hall–Kier alpha value is -8.53. The summed E-state index contributed by atoms with van der Waals surface area (Å²) in [5.41, 5.74) is 0.611. The van der Waals surface area contributed by atoms with Crippen LogP contribution >= 0.6 is 0 Å². The highest BCUT2D eigenvalue weighted by atomic mass is 28.4. The standard InChI is InChI=1S/2C24H41N3O4Si.C24H40N2O4Si.C6H4N2O5/c1-22(2,3)30-21(28)25-19-15-18-14-17(26-27(18)16-20(19)29-9)12-13-24(7,8)31-32(10,11)23(4,5)6;1-22(2,3)30-21(28)26-19-16-18(27(25)17-20(19)29-9)14-12-13-15-24(7,8)31-32(10,11)23(4,5)6;1-22(2,3)29-21(27)26-19-16-18(25-17-20(19)28-9)14-12-13-15-24(7,8)30-31(10,11)23(4,5)6;9-6-2-1-4(7(10)11)3-5(6)8(12)13/h14-16H,12-13H2,1-11H3,(H,25,28);16-17H,13,15,25H2,1-11H3;16-17H,13,15H2,1-11H3,(H,25,26,27);1-3,9H. The molecule has 602 valence electrons. The van der Waals surface area contributed by atoms with E-state index in [0.29, 0.717) is 64.6 Å². The highest BCUT2D eigenvalue weighted by Crippen LogP contribution is 2.43. The van der Waals surface area contributed by atoms with Gasteiger partial charge < -0.3 is 46.8 Å². The number of nitro groups is 2. The maximum atomic E-state index is 12.2. The molecule has 5 rings (SSSR count). The van der Waals surface area contributed by atoms with Crippen LogP contribution in [0.4, 0.5) is 42.8 Å². The average Bonchev–Trinajstić information content (AvgIpc) is 1.68. The molecule has 0 bridgehead atoms. The number of nitrogen functional groups attached to an aromatic ring is 1. The van der Waals surface area contributed by atoms with E-state index >= 15 is 0 Å². The molecule has 0 radical (unpaired) electrons. The summed E-state index contributed by atoms with van der Waals surface area (Å²) in [6, 6.07) is 9.60. The van der Waals surface area contributed by atoms with Crippen LogP contribution in [0.25, 0.3) is 5.52 Å². The lowest BCUT2D eigenvalue weighted by Crippen LogP contribution is -2.47. The Balaban J connectivity index is 0.000000507. The van der Waals surface area contributed by atoms with Gasteiger partial charge in [-0.15, -0.1) is 0 Å². The summed E-state index contributed by atoms with van der Waals surface area (Å²) in [6.45, 7) is 63.0. The summed E-state index contributed by atoms with van der Waals surface area (Å²) in [6.07, 6.45) is 7.85. The number of hydrogen-bond donors (Lipinski definition) is 4. The number of nitrogens with one attached hydrogen (secondary N) is 3. The molecule has 0 spiro atoms. The Kier molecular flexibility index (Phi) is 33.4. The number of nitro benzene ring substituents is 2. The first-order chi connectivity index (χ1) is 48.8. The van der Waals surface area contributed by atoms with Crippen LogP contribution in [0, 0.1) is 43.9 Å². The normalized spacial score (nSPS) is 12.5. The fourth-order valence-electron chi connectivity index (χ4n) is 9.29. The molecular weight excluding hydrogens is 1430 g/mol. The number of aryl methyl sites for hydroxylation is 1. The Morgan fingerprint density at radius 3 is 1.32 bits per heavy atom. The van der Waals surface area contributed by atoms with Gasteiger partial charge in [0.05, 0.1) is 89.0 Å². The lowest BCUT2D eigenvalue weighted by Gasteiger charge is -2.42. The van der Waals surface area contributed by atoms with Gasteiger partial charge >= 0.3 is 18.3 Å². The Morgan fingerprint density at radius 2 is 0.935 bits per heavy atom. The maximum absolute atomic E-state index is 12.2. The van der Waals surface area contributed by atoms with E-state index in [0.717, 1.165) is 49.0 Å². The number of carbonyl (C=O) groups excluding carboxylic acids is 3. The number of non-ortho nitro benzene ring substituents is 1. The maximum Gasteiger partial charge on any atom is 0.412 e. The Morgan fingerprint density at radius 1 is 0.537 bits per heavy atom. The van der Waals surface area contributed by atoms with Crippen LogP contribution in [-0.2, 0) is 33.9 Å². The zero-order valence-electron chi connectivity index (χ0n) is 70.7. The van der Waals surface area contributed by atoms with Gasteiger partial charge in [0.25, 0.3) is 17.1 Å². The van der Waals surface area contributed by atoms with Crippen molar-refractivity contribution in [3.05, 3.63) is 98.4 Å². The van der Waals surface area contributed by atoms with E-state index in [1.807, 2.05) is 53.7 Å². The second-order valence-electron chi connectivity index (χ2n) is 35.6. The van der Waals surface area contributed by atoms with E-state index in [4.69, 9.17) is 52.6 Å². The summed E-state index contributed by atoms with van der Waals surface area (Å²) in [7, 11) is -0.973. The topological polar surface area (TPSA) is 340 Å². The van der Waals surface area contributed by atoms with Crippen molar-refractivity contribution in [2.75, 3.05) is 43.1 Å². The van der Waals surface area contributed by atoms with Crippen LogP contribution in [0.1, 0.15) is 215 Å². The van der Waals surface area contributed by atoms with Crippen molar-refractivity contribution < 1.29 is 75.7 Å². The second kappa shape index (κ2) is 37.7. The van der Waals surface area contributed by atoms with Crippen molar-refractivity contribution in [1.29, 1.82) is 0 Å². The second-order valence-corrected chi connectivity index (χ2v) is 49.8. The van der Waals surface area contributed by atoms with Crippen LogP contribution in [0.15, 0.2) is 61.1 Å². The van der Waals surface area contributed by atoms with Gasteiger partial charge in [0.15, 0.2) is 36.5 Å². The van der Waals surface area contributed by atoms with E-state index in [-0.39, 0.29) is 31.9 Å². The first kappa shape index (κ1) is 95.5. The number of nitrogens with zero attached hydrogens (tertiary/aromatic N) is 6. The van der Waals surface area contributed by atoms with Gasteiger partial charge in [0, 0.05) is 30.9 Å². The van der Waals surface area contributed by atoms with E-state index in [2.05, 4.69) is 188 Å². The molecular formula is C78H126N10O17Si3. The smallest absolute Gasteiger partial charge is 0.412 e. The van der Waals surface area contributed by atoms with Gasteiger partial charge in [-0.1, -0.05) is 84.9 Å². The molecule has 0 aliphatic heterocycles. The van der Waals surface area contributed by atoms with Crippen molar-refractivity contribution in [3.8, 4) is 46.7 Å². The first-order valence-corrected chi connectivity index (χ1v) is 44.7. The van der Waals surface area contributed by atoms with Gasteiger partial charge in [0.1, 0.15) is 28.2 Å². The van der Waals surface area contributed by atoms with E-state index in [1.54, 1.807) is 63.1 Å². The minimum atomic E-state index is -1.86. The summed E-state index contributed by atoms with van der Waals surface area (Å²) >= 11 is 0. The van der Waals surface area contributed by atoms with Gasteiger partial charge in [0.2, 0.25) is 11.9 Å². The monoisotopic (exact) mass is 1560 g/mol. The summed E-state index contributed by atoms with van der Waals surface area (Å²) in [4.78, 5) is 59.4. The highest BCUT2D eigenvalue weighted by molar-refractivity contribution is 6.75. The largest absolute Gasteiger partial charge is 0.868 e. The molecule has 4 heterocycles. The molecule has 0 atom stereocenters. The molecule has 0 saturated heterocycles. The fourth-order valence-corrected chi connectivity index (χ4v) is 14.7. The SMILES string of the molecule is COc1c[n+](N)c(C#CCCC(C)(C)O[Si](C)(C)C(C)(C)C)cc1NC(=O)OC(C)(C)C.COc1cn2nc(CCC(C)(C)O[Si](C)(C)C(C)(C)C)cc2cc1NC(=O)OC(C)(C)C.COc1cnc(C#CCCC(C)(C)O[Si](C)(C)C(C)(C)C)cc1NC(=O)OC(C)(C)C.O=[N+]([O-])c1ccc([O-])c([N+](=O)[O-])c1. The molecule has 30 heteroatoms. The summed E-state index contributed by atoms with van der Waals surface area (Å²) < 4.78 is 55.0. The highest BCUT2D eigenvalue weighted by Gasteiger charge is 2.44. The van der Waals surface area contributed by atoms with Crippen LogP contribution in [0.5, 0.6) is 23.0 Å². The van der Waals surface area contributed by atoms with Crippen molar-refractivity contribution >= 4 is 77.2 Å². The lowest BCUT2D eigenvalue weighted by molar-refractivity contribution is -0.641. The zero-order valence-corrected chi connectivity index (χ0v) is 73.7. The predicted octanol–water partition coefficient (Wildman–Crippen LogP) is 18.3. The molecule has 5 N–H and O–H groups in total. The number of fused-ring (bicyclic) bond motifs is 1. The third-order valence-corrected chi connectivity index (χ3v) is 31.6. The third kappa shape index (κ3) is 33.1. The molecule has 27 nitrogen and oxygen atoms in total. The van der Waals surface area contributed by atoms with Crippen LogP contribution in [0.3, 0.4) is 0 Å². The lowest BCUT2D eigenvalue weighted by atomic mass is 10.0. The molecule has 0 aliphatic carbocycles. The Bertz CT molecular complexity index is 4030. The summed E-state index contributed by atoms with van der Waals surface area (Å²) in [5, 5.41) is 44.5. The molecule has 108 heavy (non-hydrogen) atoms. The van der Waals surface area contributed by atoms with Crippen molar-refractivity contribution in [1.82, 2.24) is 14.6 Å². The fraction of sp³-hybridized carbons (Fsp3) is 0.615. The number of amides is 3. The predicted molar refractivity (Wildman–Crippen MR) is 432 cm³/mol. The molecule has 0 fully saturated rings. The number of carbonyl (C=O) groups is 3. The third-order valence-electron chi connectivity index (χ3n) is 17.6. The first-order valence-electron chi connectivity index (χ1n) is 35.9. The van der Waals surface area contributed by atoms with E-state index in [1.165, 1.54) is 18.9 Å². The van der Waals surface area contributed by atoms with E-state index in [9.17, 15) is 39.7 Å². The molecule has 0 aliphatic rings. The number of nitrogens with two attached hydrogens (primary N) is 1. The molecule has 0 unspecified atom stereocenters. The molecule has 3 amide bonds. The average molecular weight is 1560 g/mol. The molecule has 5 aromatic rings. The molecule has 4 aromatic heterocycles. The van der Waals surface area contributed by atoms with Crippen LogP contribution in [0.2, 0.25) is 54.4 Å². The Labute approximate surface area is 645 Å². The van der Waals surface area contributed by atoms with Gasteiger partial charge in [-0.05, 0) is 214 Å². The van der Waals surface area contributed by atoms with Gasteiger partial charge in [-0.25, -0.2) is 29.7 Å². The number of aromatic nitrogens is 4. The number of methoxy groups -OCH3 is 3. The number of benzene rings is 1. The quantitative estimate of drug-likeness (QED) is 0.0101. The van der Waals surface area contributed by atoms with Crippen molar-refractivity contribution in [3.63, 3.8) is 0 Å². The van der Waals surface area contributed by atoms with Gasteiger partial charge in [-0.3, -0.25) is 36.2 Å². The number of hydrogen-bond acceptors (Lipinski definition) is 20. The minimum Gasteiger partial charge on any atom is -0.868 e.